The molecule has 0 heterocycles. The fourth-order valence-electron chi connectivity index (χ4n) is 4.64. The van der Waals surface area contributed by atoms with Gasteiger partial charge in [0.25, 0.3) is 0 Å². The van der Waals surface area contributed by atoms with Crippen molar-refractivity contribution < 1.29 is 19.0 Å². The zero-order chi connectivity index (χ0) is 21.7. The topological polar surface area (TPSA) is 44.8 Å². The Morgan fingerprint density at radius 1 is 1.24 bits per heavy atom. The molecule has 0 saturated heterocycles. The molecule has 0 spiro atoms. The highest BCUT2D eigenvalue weighted by atomic mass is 16.7. The van der Waals surface area contributed by atoms with E-state index in [0.717, 1.165) is 17.7 Å². The summed E-state index contributed by atoms with van der Waals surface area (Å²) in [4.78, 5) is 11.3. The molecule has 2 fully saturated rings. The monoisotopic (exact) mass is 400 g/mol. The van der Waals surface area contributed by atoms with Gasteiger partial charge >= 0.3 is 5.97 Å². The lowest BCUT2D eigenvalue weighted by Gasteiger charge is -2.38. The summed E-state index contributed by atoms with van der Waals surface area (Å²) >= 11 is 0. The van der Waals surface area contributed by atoms with Crippen molar-refractivity contribution in [2.75, 3.05) is 6.61 Å². The van der Waals surface area contributed by atoms with Crippen molar-refractivity contribution in [3.8, 4) is 5.75 Å². The lowest BCUT2D eigenvalue weighted by Crippen LogP contribution is -2.38. The Labute approximate surface area is 175 Å². The van der Waals surface area contributed by atoms with E-state index in [-0.39, 0.29) is 23.8 Å². The standard InChI is InChI=1S/C13H20O2.C12H16O2/c1-5-11(14)15-10-8-9-6-7-13(10,4)12(9,2)3;1-4-11-6-8-12(9-7-11)14-10(3)13-5-2/h5,9-10H,1,6-8H2,2-4H3;4,6-10H,1,5H2,2-3H3. The van der Waals surface area contributed by atoms with Crippen molar-refractivity contribution in [1.29, 1.82) is 0 Å². The van der Waals surface area contributed by atoms with E-state index in [4.69, 9.17) is 14.2 Å². The first-order chi connectivity index (χ1) is 13.7. The van der Waals surface area contributed by atoms with Crippen LogP contribution < -0.4 is 4.74 Å². The van der Waals surface area contributed by atoms with E-state index in [1.165, 1.54) is 18.9 Å². The molecule has 0 radical (unpaired) electrons. The molecule has 2 aliphatic rings. The number of carbonyl (C=O) groups is 1. The maximum atomic E-state index is 11.3. The molecular formula is C25H36O4. The molecule has 4 atom stereocenters. The van der Waals surface area contributed by atoms with E-state index in [1.807, 2.05) is 38.1 Å². The van der Waals surface area contributed by atoms with Crippen molar-refractivity contribution in [2.45, 2.75) is 66.3 Å². The van der Waals surface area contributed by atoms with Crippen LogP contribution in [0.3, 0.4) is 0 Å². The molecule has 2 bridgehead atoms. The summed E-state index contributed by atoms with van der Waals surface area (Å²) in [6, 6.07) is 7.74. The molecule has 4 nitrogen and oxygen atoms in total. The van der Waals surface area contributed by atoms with Gasteiger partial charge in [-0.15, -0.1) is 0 Å². The summed E-state index contributed by atoms with van der Waals surface area (Å²) in [7, 11) is 0. The number of fused-ring (bicyclic) bond motifs is 2. The van der Waals surface area contributed by atoms with Crippen LogP contribution in [0.5, 0.6) is 5.75 Å². The highest BCUT2D eigenvalue weighted by Gasteiger charge is 2.62. The van der Waals surface area contributed by atoms with Gasteiger partial charge in [-0.3, -0.25) is 0 Å². The second kappa shape index (κ2) is 9.62. The Bertz CT molecular complexity index is 706. The molecule has 2 saturated carbocycles. The Balaban J connectivity index is 0.000000208. The molecule has 4 unspecified atom stereocenters. The molecule has 4 heteroatoms. The third-order valence-corrected chi connectivity index (χ3v) is 6.96. The van der Waals surface area contributed by atoms with Crippen molar-refractivity contribution in [1.82, 2.24) is 0 Å². The van der Waals surface area contributed by atoms with Gasteiger partial charge in [-0.1, -0.05) is 52.1 Å². The molecule has 1 aromatic rings. The first kappa shape index (κ1) is 23.2. The molecular weight excluding hydrogens is 364 g/mol. The third kappa shape index (κ3) is 5.11. The van der Waals surface area contributed by atoms with Gasteiger partial charge in [0.05, 0.1) is 0 Å². The Morgan fingerprint density at radius 2 is 1.90 bits per heavy atom. The fraction of sp³-hybridized carbons (Fsp3) is 0.560. The Morgan fingerprint density at radius 3 is 2.34 bits per heavy atom. The van der Waals surface area contributed by atoms with E-state index in [2.05, 4.69) is 33.9 Å². The van der Waals surface area contributed by atoms with Gasteiger partial charge in [-0.25, -0.2) is 4.79 Å². The predicted molar refractivity (Wildman–Crippen MR) is 118 cm³/mol. The average molecular weight is 401 g/mol. The number of benzene rings is 1. The zero-order valence-corrected chi connectivity index (χ0v) is 18.6. The lowest BCUT2D eigenvalue weighted by molar-refractivity contribution is -0.150. The minimum absolute atomic E-state index is 0.0942. The van der Waals surface area contributed by atoms with E-state index in [1.54, 1.807) is 6.08 Å². The van der Waals surface area contributed by atoms with E-state index in [9.17, 15) is 4.79 Å². The van der Waals surface area contributed by atoms with Gasteiger partial charge in [-0.05, 0) is 62.1 Å². The molecule has 0 aromatic heterocycles. The highest BCUT2D eigenvalue weighted by molar-refractivity contribution is 5.81. The summed E-state index contributed by atoms with van der Waals surface area (Å²) < 4.78 is 16.2. The minimum atomic E-state index is -0.274. The van der Waals surface area contributed by atoms with Crippen LogP contribution in [-0.2, 0) is 14.3 Å². The van der Waals surface area contributed by atoms with E-state index < -0.39 is 0 Å². The summed E-state index contributed by atoms with van der Waals surface area (Å²) in [5.74, 6) is 1.26. The second-order valence-electron chi connectivity index (χ2n) is 8.65. The third-order valence-electron chi connectivity index (χ3n) is 6.96. The van der Waals surface area contributed by atoms with Crippen LogP contribution in [0.1, 0.15) is 59.4 Å². The van der Waals surface area contributed by atoms with Crippen LogP contribution >= 0.6 is 0 Å². The maximum Gasteiger partial charge on any atom is 0.330 e. The van der Waals surface area contributed by atoms with Crippen molar-refractivity contribution in [2.24, 2.45) is 16.7 Å². The largest absolute Gasteiger partial charge is 0.465 e. The number of rotatable bonds is 7. The Kier molecular flexibility index (Phi) is 7.70. The van der Waals surface area contributed by atoms with Crippen LogP contribution in [-0.4, -0.2) is 25.0 Å². The number of carbonyl (C=O) groups excluding carboxylic acids is 1. The molecule has 3 rings (SSSR count). The molecule has 160 valence electrons. The highest BCUT2D eigenvalue weighted by Crippen LogP contribution is 2.66. The van der Waals surface area contributed by atoms with E-state index in [0.29, 0.717) is 17.9 Å². The van der Waals surface area contributed by atoms with Gasteiger partial charge in [0, 0.05) is 18.1 Å². The lowest BCUT2D eigenvalue weighted by atomic mass is 9.70. The van der Waals surface area contributed by atoms with Crippen LogP contribution in [0, 0.1) is 16.7 Å². The molecule has 0 N–H and O–H groups in total. The predicted octanol–water partition coefficient (Wildman–Crippen LogP) is 6.02. The van der Waals surface area contributed by atoms with Gasteiger partial charge < -0.3 is 14.2 Å². The zero-order valence-electron chi connectivity index (χ0n) is 18.6. The molecule has 0 aliphatic heterocycles. The van der Waals surface area contributed by atoms with Crippen LogP contribution in [0.2, 0.25) is 0 Å². The summed E-state index contributed by atoms with van der Waals surface area (Å²) in [5.41, 5.74) is 1.55. The minimum Gasteiger partial charge on any atom is -0.465 e. The quantitative estimate of drug-likeness (QED) is 0.319. The van der Waals surface area contributed by atoms with Crippen molar-refractivity contribution in [3.05, 3.63) is 49.1 Å². The van der Waals surface area contributed by atoms with Crippen LogP contribution in [0.15, 0.2) is 43.5 Å². The molecule has 2 aliphatic carbocycles. The van der Waals surface area contributed by atoms with Gasteiger partial charge in [0.1, 0.15) is 11.9 Å². The van der Waals surface area contributed by atoms with E-state index >= 15 is 0 Å². The fourth-order valence-corrected chi connectivity index (χ4v) is 4.64. The van der Waals surface area contributed by atoms with Crippen LogP contribution in [0.25, 0.3) is 6.08 Å². The summed E-state index contributed by atoms with van der Waals surface area (Å²) in [5, 5.41) is 0. The summed E-state index contributed by atoms with van der Waals surface area (Å²) in [6.07, 6.45) is 6.46. The second-order valence-corrected chi connectivity index (χ2v) is 8.65. The summed E-state index contributed by atoms with van der Waals surface area (Å²) in [6.45, 7) is 18.5. The SMILES string of the molecule is C=CC(=O)OC1CC2CCC1(C)C2(C)C.C=Cc1ccc(OC(C)OCC)cc1. The van der Waals surface area contributed by atoms with Gasteiger partial charge in [-0.2, -0.15) is 0 Å². The first-order valence-corrected chi connectivity index (χ1v) is 10.5. The maximum absolute atomic E-state index is 11.3. The van der Waals surface area contributed by atoms with Crippen LogP contribution in [0.4, 0.5) is 0 Å². The van der Waals surface area contributed by atoms with Crippen molar-refractivity contribution in [3.63, 3.8) is 0 Å². The molecule has 1 aromatic carbocycles. The van der Waals surface area contributed by atoms with Gasteiger partial charge in [0.15, 0.2) is 6.29 Å². The Hall–Kier alpha value is -2.07. The van der Waals surface area contributed by atoms with Gasteiger partial charge in [0.2, 0.25) is 0 Å². The average Bonchev–Trinajstić information content (AvgIpc) is 3.02. The smallest absolute Gasteiger partial charge is 0.330 e. The van der Waals surface area contributed by atoms with Crippen molar-refractivity contribution >= 4 is 12.0 Å². The normalized spacial score (nSPS) is 27.3. The number of ether oxygens (including phenoxy) is 3. The molecule has 0 amide bonds. The first-order valence-electron chi connectivity index (χ1n) is 10.5. The molecule has 29 heavy (non-hydrogen) atoms. The number of hydrogen-bond donors (Lipinski definition) is 0. The number of hydrogen-bond acceptors (Lipinski definition) is 4. The number of esters is 1.